The monoisotopic (exact) mass is 947 g/mol. The number of nitrogens with zero attached hydrogens (tertiary/aromatic N) is 1. The molecule has 0 fully saturated rings. The van der Waals surface area contributed by atoms with E-state index in [4.69, 9.17) is 13.8 Å². The smallest absolute Gasteiger partial charge is 0.164 e. The van der Waals surface area contributed by atoms with Crippen molar-refractivity contribution >= 4 is 38.6 Å². The molecule has 3 aromatic carbocycles. The number of rotatable bonds is 11. The van der Waals surface area contributed by atoms with E-state index < -0.39 is 0 Å². The summed E-state index contributed by atoms with van der Waals surface area (Å²) < 4.78 is 12.6. The van der Waals surface area contributed by atoms with E-state index in [1.807, 2.05) is 48.5 Å². The van der Waals surface area contributed by atoms with Crippen LogP contribution in [0.15, 0.2) is 75.3 Å². The number of fused-ring (bicyclic) bond motifs is 3. The molecule has 3 heterocycles. The molecule has 0 atom stereocenters. The molecule has 1 radical (unpaired) electrons. The zero-order valence-corrected chi connectivity index (χ0v) is 39.2. The van der Waals surface area contributed by atoms with Crippen LogP contribution in [-0.4, -0.2) is 15.9 Å². The van der Waals surface area contributed by atoms with Gasteiger partial charge >= 0.3 is 0 Å². The van der Waals surface area contributed by atoms with E-state index in [0.717, 1.165) is 93.6 Å². The Kier molecular flexibility index (Phi) is 14.3. The van der Waals surface area contributed by atoms with Gasteiger partial charge in [0, 0.05) is 64.8 Å². The molecule has 0 aliphatic heterocycles. The summed E-state index contributed by atoms with van der Waals surface area (Å²) in [6, 6.07) is 23.2. The standard InChI is InChI=1S/C36H36NO2.C15H28O2.Ir/c1-20(2)15-29-23(5)38-33-18-25(13-14-28(29)33)30-19-32(37-34-21(3)22(4)39-35(30)34)26-16-24-11-9-10-12-27(24)31(17-26)36(6,7)8;1-7-14(5,8-2)12(16)11-13(17)15(6,9-3)10-4;/h9-14,17-20H,15H2,1-8H3;11,16H,7-10H2,1-6H3;/q-1;;/b;12-11-;. The minimum Gasteiger partial charge on any atom is -0.512 e. The van der Waals surface area contributed by atoms with Gasteiger partial charge in [0.1, 0.15) is 28.4 Å². The molecule has 0 unspecified atom stereocenters. The van der Waals surface area contributed by atoms with Gasteiger partial charge in [-0.05, 0) is 75.8 Å². The molecule has 0 aliphatic rings. The van der Waals surface area contributed by atoms with E-state index in [1.54, 1.807) is 0 Å². The number of hydrogen-bond acceptors (Lipinski definition) is 5. The molecule has 5 nitrogen and oxygen atoms in total. The number of furan rings is 2. The summed E-state index contributed by atoms with van der Waals surface area (Å²) in [7, 11) is 0. The number of carbonyl (C=O) groups excluding carboxylic acids is 1. The van der Waals surface area contributed by atoms with Crippen LogP contribution in [-0.2, 0) is 36.7 Å². The third-order valence-corrected chi connectivity index (χ3v) is 12.5. The van der Waals surface area contributed by atoms with Crippen LogP contribution >= 0.6 is 0 Å². The number of aliphatic hydroxyl groups excluding tert-OH is 1. The quantitative estimate of drug-likeness (QED) is 0.0795. The predicted molar refractivity (Wildman–Crippen MR) is 236 cm³/mol. The zero-order valence-electron chi connectivity index (χ0n) is 36.8. The average molecular weight is 947 g/mol. The molecule has 57 heavy (non-hydrogen) atoms. The van der Waals surface area contributed by atoms with Gasteiger partial charge in [-0.25, -0.2) is 0 Å². The normalized spacial score (nSPS) is 12.6. The molecule has 0 aliphatic carbocycles. The fourth-order valence-electron chi connectivity index (χ4n) is 7.41. The molecule has 0 bridgehead atoms. The minimum absolute atomic E-state index is 0. The molecule has 0 saturated heterocycles. The first-order valence-electron chi connectivity index (χ1n) is 20.6. The molecular formula is C51H64IrNO4-. The maximum Gasteiger partial charge on any atom is 0.164 e. The van der Waals surface area contributed by atoms with E-state index in [0.29, 0.717) is 5.92 Å². The molecule has 1 N–H and O–H groups in total. The number of aromatic nitrogens is 1. The summed E-state index contributed by atoms with van der Waals surface area (Å²) in [5.41, 5.74) is 9.64. The van der Waals surface area contributed by atoms with Crippen LogP contribution in [0, 0.1) is 43.6 Å². The van der Waals surface area contributed by atoms with Gasteiger partial charge < -0.3 is 13.9 Å². The van der Waals surface area contributed by atoms with Gasteiger partial charge in [-0.15, -0.1) is 29.1 Å². The number of hydrogen-bond donors (Lipinski definition) is 1. The topological polar surface area (TPSA) is 76.5 Å². The Morgan fingerprint density at radius 2 is 1.46 bits per heavy atom. The van der Waals surface area contributed by atoms with E-state index in [9.17, 15) is 9.90 Å². The van der Waals surface area contributed by atoms with E-state index in [2.05, 4.69) is 109 Å². The van der Waals surface area contributed by atoms with Crippen molar-refractivity contribution < 1.29 is 38.8 Å². The molecule has 0 spiro atoms. The summed E-state index contributed by atoms with van der Waals surface area (Å²) in [6.45, 7) is 29.5. The molecule has 0 amide bonds. The zero-order chi connectivity index (χ0) is 41.3. The summed E-state index contributed by atoms with van der Waals surface area (Å²) in [6.07, 6.45) is 5.76. The second kappa shape index (κ2) is 17.9. The number of carbonyl (C=O) groups is 1. The Hall–Kier alpha value is -3.99. The maximum atomic E-state index is 12.2. The van der Waals surface area contributed by atoms with Gasteiger partial charge in [0.2, 0.25) is 0 Å². The van der Waals surface area contributed by atoms with Crippen molar-refractivity contribution in [3.8, 4) is 22.4 Å². The molecule has 0 saturated carbocycles. The third-order valence-electron chi connectivity index (χ3n) is 12.5. The van der Waals surface area contributed by atoms with Crippen molar-refractivity contribution in [2.24, 2.45) is 16.7 Å². The third kappa shape index (κ3) is 9.34. The van der Waals surface area contributed by atoms with Crippen molar-refractivity contribution in [2.45, 2.75) is 134 Å². The average Bonchev–Trinajstić information content (AvgIpc) is 3.64. The van der Waals surface area contributed by atoms with Gasteiger partial charge in [0.05, 0.1) is 0 Å². The SMILES string of the molecule is CCC(C)(CC)C(=O)/C=C(\O)C(C)(CC)CC.Cc1oc2cc(-c3cc(-c4[c-]c5ccccc5c(C(C)(C)C)c4)nc4c(C)c(C)oc34)ccc2c1CC(C)C.[Ir]. The maximum absolute atomic E-state index is 12.2. The Balaban J connectivity index is 0.000000341. The van der Waals surface area contributed by atoms with Crippen LogP contribution in [0.2, 0.25) is 0 Å². The van der Waals surface area contributed by atoms with Crippen LogP contribution in [0.25, 0.3) is 55.2 Å². The Morgan fingerprint density at radius 1 is 0.825 bits per heavy atom. The fourth-order valence-corrected chi connectivity index (χ4v) is 7.41. The van der Waals surface area contributed by atoms with Crippen LogP contribution in [0.1, 0.15) is 130 Å². The van der Waals surface area contributed by atoms with Crippen molar-refractivity contribution in [3.63, 3.8) is 0 Å². The second-order valence-corrected chi connectivity index (χ2v) is 17.8. The predicted octanol–water partition coefficient (Wildman–Crippen LogP) is 14.9. The summed E-state index contributed by atoms with van der Waals surface area (Å²) >= 11 is 0. The molecule has 6 heteroatoms. The van der Waals surface area contributed by atoms with Crippen molar-refractivity contribution in [2.75, 3.05) is 0 Å². The van der Waals surface area contributed by atoms with Gasteiger partial charge in [-0.2, -0.15) is 0 Å². The summed E-state index contributed by atoms with van der Waals surface area (Å²) in [5.74, 6) is 2.75. The van der Waals surface area contributed by atoms with E-state index in [-0.39, 0.29) is 47.9 Å². The number of ketones is 1. The van der Waals surface area contributed by atoms with Gasteiger partial charge in [0.25, 0.3) is 0 Å². The van der Waals surface area contributed by atoms with Gasteiger partial charge in [-0.1, -0.05) is 124 Å². The van der Waals surface area contributed by atoms with Crippen molar-refractivity contribution in [1.82, 2.24) is 4.98 Å². The Morgan fingerprint density at radius 3 is 2.05 bits per heavy atom. The van der Waals surface area contributed by atoms with E-state index in [1.165, 1.54) is 28.0 Å². The number of aliphatic hydroxyl groups is 1. The number of benzene rings is 3. The van der Waals surface area contributed by atoms with E-state index >= 15 is 0 Å². The fraction of sp³-hybridized carbons (Fsp3) is 0.451. The van der Waals surface area contributed by atoms with Crippen molar-refractivity contribution in [3.05, 3.63) is 101 Å². The van der Waals surface area contributed by atoms with Gasteiger partial charge in [-0.3, -0.25) is 9.78 Å². The van der Waals surface area contributed by atoms with Gasteiger partial charge in [0.15, 0.2) is 11.4 Å². The summed E-state index contributed by atoms with van der Waals surface area (Å²) in [5, 5.41) is 13.7. The number of pyridine rings is 1. The first-order valence-corrected chi connectivity index (χ1v) is 20.6. The summed E-state index contributed by atoms with van der Waals surface area (Å²) in [4.78, 5) is 17.3. The molecule has 307 valence electrons. The number of aryl methyl sites for hydroxylation is 3. The van der Waals surface area contributed by atoms with Crippen LogP contribution in [0.4, 0.5) is 0 Å². The number of allylic oxidation sites excluding steroid dienone is 2. The molecule has 3 aromatic heterocycles. The molecule has 6 rings (SSSR count). The Bertz CT molecular complexity index is 2390. The first kappa shape index (κ1) is 45.7. The minimum atomic E-state index is -0.337. The second-order valence-electron chi connectivity index (χ2n) is 17.8. The van der Waals surface area contributed by atoms with Crippen LogP contribution in [0.5, 0.6) is 0 Å². The largest absolute Gasteiger partial charge is 0.512 e. The van der Waals surface area contributed by atoms with Crippen LogP contribution < -0.4 is 0 Å². The molecular weight excluding hydrogens is 883 g/mol. The molecule has 6 aromatic rings. The Labute approximate surface area is 355 Å². The van der Waals surface area contributed by atoms with Crippen LogP contribution in [0.3, 0.4) is 0 Å². The first-order chi connectivity index (χ1) is 26.3. The van der Waals surface area contributed by atoms with Crippen molar-refractivity contribution in [1.29, 1.82) is 0 Å².